The predicted octanol–water partition coefficient (Wildman–Crippen LogP) is 1.28. The van der Waals surface area contributed by atoms with Gasteiger partial charge in [0, 0.05) is 30.6 Å². The fourth-order valence-electron chi connectivity index (χ4n) is 1.54. The molecule has 2 rings (SSSR count). The maximum Gasteiger partial charge on any atom is 0.339 e. The number of ether oxygens (including phenoxy) is 1. The molecule has 0 bridgehead atoms. The van der Waals surface area contributed by atoms with E-state index >= 15 is 0 Å². The zero-order valence-corrected chi connectivity index (χ0v) is 9.83. The van der Waals surface area contributed by atoms with Crippen LogP contribution < -0.4 is 10.5 Å². The van der Waals surface area contributed by atoms with E-state index in [0.29, 0.717) is 5.69 Å². The number of rotatable bonds is 4. The SMILES string of the molecule is Cn1cc(COc2cc(N)ccc2C(=O)O)cn1. The summed E-state index contributed by atoms with van der Waals surface area (Å²) in [5, 5.41) is 13.0. The molecule has 0 aliphatic heterocycles. The van der Waals surface area contributed by atoms with Gasteiger partial charge in [-0.2, -0.15) is 5.10 Å². The quantitative estimate of drug-likeness (QED) is 0.794. The van der Waals surface area contributed by atoms with Crippen LogP contribution in [0.15, 0.2) is 30.6 Å². The number of aryl methyl sites for hydroxylation is 1. The molecular weight excluding hydrogens is 234 g/mol. The average molecular weight is 247 g/mol. The molecule has 6 heteroatoms. The van der Waals surface area contributed by atoms with Gasteiger partial charge in [0.15, 0.2) is 0 Å². The van der Waals surface area contributed by atoms with Gasteiger partial charge in [-0.15, -0.1) is 0 Å². The van der Waals surface area contributed by atoms with Crippen LogP contribution in [0.3, 0.4) is 0 Å². The molecule has 18 heavy (non-hydrogen) atoms. The van der Waals surface area contributed by atoms with Crippen molar-refractivity contribution in [2.75, 3.05) is 5.73 Å². The lowest BCUT2D eigenvalue weighted by Crippen LogP contribution is -2.04. The van der Waals surface area contributed by atoms with Crippen LogP contribution >= 0.6 is 0 Å². The molecule has 0 amide bonds. The molecule has 0 saturated carbocycles. The number of nitrogens with two attached hydrogens (primary N) is 1. The molecule has 6 nitrogen and oxygen atoms in total. The van der Waals surface area contributed by atoms with Gasteiger partial charge in [0.05, 0.1) is 6.20 Å². The third-order valence-electron chi connectivity index (χ3n) is 2.39. The average Bonchev–Trinajstić information content (AvgIpc) is 2.72. The van der Waals surface area contributed by atoms with Crippen molar-refractivity contribution in [1.29, 1.82) is 0 Å². The molecule has 0 aliphatic rings. The number of carboxylic acid groups (broad SMARTS) is 1. The number of hydrogen-bond acceptors (Lipinski definition) is 4. The molecule has 1 aromatic heterocycles. The minimum absolute atomic E-state index is 0.0908. The Bertz CT molecular complexity index is 578. The molecule has 0 radical (unpaired) electrons. The predicted molar refractivity (Wildman–Crippen MR) is 65.4 cm³/mol. The minimum Gasteiger partial charge on any atom is -0.488 e. The lowest BCUT2D eigenvalue weighted by atomic mass is 10.2. The van der Waals surface area contributed by atoms with Crippen LogP contribution in [0.1, 0.15) is 15.9 Å². The van der Waals surface area contributed by atoms with Gasteiger partial charge >= 0.3 is 5.97 Å². The van der Waals surface area contributed by atoms with Gasteiger partial charge in [-0.1, -0.05) is 0 Å². The third-order valence-corrected chi connectivity index (χ3v) is 2.39. The van der Waals surface area contributed by atoms with E-state index in [4.69, 9.17) is 15.6 Å². The van der Waals surface area contributed by atoms with Crippen molar-refractivity contribution in [1.82, 2.24) is 9.78 Å². The first-order valence-corrected chi connectivity index (χ1v) is 5.29. The van der Waals surface area contributed by atoms with Crippen LogP contribution in [0.5, 0.6) is 5.75 Å². The van der Waals surface area contributed by atoms with Crippen molar-refractivity contribution in [2.24, 2.45) is 7.05 Å². The van der Waals surface area contributed by atoms with E-state index in [1.165, 1.54) is 18.2 Å². The molecule has 1 aromatic carbocycles. The molecule has 0 unspecified atom stereocenters. The highest BCUT2D eigenvalue weighted by Gasteiger charge is 2.11. The molecule has 0 fully saturated rings. The summed E-state index contributed by atoms with van der Waals surface area (Å²) >= 11 is 0. The Labute approximate surface area is 104 Å². The van der Waals surface area contributed by atoms with E-state index < -0.39 is 5.97 Å². The maximum absolute atomic E-state index is 11.0. The van der Waals surface area contributed by atoms with Crippen molar-refractivity contribution in [3.8, 4) is 5.75 Å². The van der Waals surface area contributed by atoms with Crippen molar-refractivity contribution in [3.05, 3.63) is 41.7 Å². The summed E-state index contributed by atoms with van der Waals surface area (Å²) in [5.41, 5.74) is 7.02. The van der Waals surface area contributed by atoms with Crippen molar-refractivity contribution < 1.29 is 14.6 Å². The summed E-state index contributed by atoms with van der Waals surface area (Å²) in [7, 11) is 1.80. The standard InChI is InChI=1S/C12H13N3O3/c1-15-6-8(5-14-15)7-18-11-4-9(13)2-3-10(11)12(16)17/h2-6H,7,13H2,1H3,(H,16,17). The van der Waals surface area contributed by atoms with Crippen LogP contribution in [0.4, 0.5) is 5.69 Å². The number of hydrogen-bond donors (Lipinski definition) is 2. The van der Waals surface area contributed by atoms with Gasteiger partial charge in [0.1, 0.15) is 17.9 Å². The second-order valence-corrected chi connectivity index (χ2v) is 3.87. The molecular formula is C12H13N3O3. The Morgan fingerprint density at radius 2 is 2.33 bits per heavy atom. The highest BCUT2D eigenvalue weighted by Crippen LogP contribution is 2.22. The van der Waals surface area contributed by atoms with Gasteiger partial charge in [0.25, 0.3) is 0 Å². The monoisotopic (exact) mass is 247 g/mol. The Balaban J connectivity index is 2.17. The lowest BCUT2D eigenvalue weighted by molar-refractivity contribution is 0.0692. The Kier molecular flexibility index (Phi) is 3.18. The van der Waals surface area contributed by atoms with Crippen molar-refractivity contribution in [2.45, 2.75) is 6.61 Å². The summed E-state index contributed by atoms with van der Waals surface area (Å²) < 4.78 is 7.11. The van der Waals surface area contributed by atoms with Gasteiger partial charge in [0.2, 0.25) is 0 Å². The first-order valence-electron chi connectivity index (χ1n) is 5.29. The summed E-state index contributed by atoms with van der Waals surface area (Å²) in [5.74, 6) is -0.789. The first kappa shape index (κ1) is 12.0. The van der Waals surface area contributed by atoms with E-state index in [0.717, 1.165) is 5.56 Å². The highest BCUT2D eigenvalue weighted by atomic mass is 16.5. The number of aromatic nitrogens is 2. The molecule has 3 N–H and O–H groups in total. The molecule has 1 heterocycles. The van der Waals surface area contributed by atoms with E-state index in [1.54, 1.807) is 24.1 Å². The fraction of sp³-hybridized carbons (Fsp3) is 0.167. The number of nitrogen functional groups attached to an aromatic ring is 1. The number of aromatic carboxylic acids is 1. The second kappa shape index (κ2) is 4.79. The Hall–Kier alpha value is -2.50. The largest absolute Gasteiger partial charge is 0.488 e. The van der Waals surface area contributed by atoms with E-state index in [9.17, 15) is 4.79 Å². The van der Waals surface area contributed by atoms with Crippen LogP contribution in [-0.2, 0) is 13.7 Å². The number of carboxylic acids is 1. The molecule has 2 aromatic rings. The number of carbonyl (C=O) groups is 1. The Morgan fingerprint density at radius 1 is 1.56 bits per heavy atom. The van der Waals surface area contributed by atoms with Gasteiger partial charge < -0.3 is 15.6 Å². The zero-order valence-electron chi connectivity index (χ0n) is 9.83. The van der Waals surface area contributed by atoms with E-state index in [2.05, 4.69) is 5.10 Å². The molecule has 0 saturated heterocycles. The smallest absolute Gasteiger partial charge is 0.339 e. The third kappa shape index (κ3) is 2.60. The van der Waals surface area contributed by atoms with Gasteiger partial charge in [-0.25, -0.2) is 4.79 Å². The summed E-state index contributed by atoms with van der Waals surface area (Å²) in [6, 6.07) is 4.45. The maximum atomic E-state index is 11.0. The van der Waals surface area contributed by atoms with Crippen LogP contribution in [0.25, 0.3) is 0 Å². The molecule has 0 aliphatic carbocycles. The molecule has 94 valence electrons. The van der Waals surface area contributed by atoms with Crippen LogP contribution in [-0.4, -0.2) is 20.9 Å². The topological polar surface area (TPSA) is 90.4 Å². The second-order valence-electron chi connectivity index (χ2n) is 3.87. The molecule has 0 atom stereocenters. The number of anilines is 1. The fourth-order valence-corrected chi connectivity index (χ4v) is 1.54. The molecule has 0 spiro atoms. The first-order chi connectivity index (χ1) is 8.56. The summed E-state index contributed by atoms with van der Waals surface area (Å²) in [6.45, 7) is 0.248. The summed E-state index contributed by atoms with van der Waals surface area (Å²) in [4.78, 5) is 11.0. The zero-order chi connectivity index (χ0) is 13.1. The highest BCUT2D eigenvalue weighted by molar-refractivity contribution is 5.91. The Morgan fingerprint density at radius 3 is 2.94 bits per heavy atom. The number of benzene rings is 1. The van der Waals surface area contributed by atoms with Gasteiger partial charge in [-0.3, -0.25) is 4.68 Å². The minimum atomic E-state index is -1.05. The van der Waals surface area contributed by atoms with E-state index in [1.807, 2.05) is 0 Å². The lowest BCUT2D eigenvalue weighted by Gasteiger charge is -2.08. The van der Waals surface area contributed by atoms with Gasteiger partial charge in [-0.05, 0) is 12.1 Å². The van der Waals surface area contributed by atoms with Crippen molar-refractivity contribution in [3.63, 3.8) is 0 Å². The summed E-state index contributed by atoms with van der Waals surface area (Å²) in [6.07, 6.45) is 3.46. The normalized spacial score (nSPS) is 10.3. The number of nitrogens with zero attached hydrogens (tertiary/aromatic N) is 2. The van der Waals surface area contributed by atoms with Crippen LogP contribution in [0.2, 0.25) is 0 Å². The van der Waals surface area contributed by atoms with Crippen molar-refractivity contribution >= 4 is 11.7 Å². The van der Waals surface area contributed by atoms with Crippen LogP contribution in [0, 0.1) is 0 Å². The van der Waals surface area contributed by atoms with E-state index in [-0.39, 0.29) is 17.9 Å².